The fourth-order valence-corrected chi connectivity index (χ4v) is 2.21. The quantitative estimate of drug-likeness (QED) is 0.877. The van der Waals surface area contributed by atoms with Gasteiger partial charge in [0.15, 0.2) is 0 Å². The minimum absolute atomic E-state index is 0.0471. The van der Waals surface area contributed by atoms with Crippen molar-refractivity contribution in [3.05, 3.63) is 70.0 Å². The summed E-state index contributed by atoms with van der Waals surface area (Å²) < 4.78 is 13.6. The second kappa shape index (κ2) is 6.70. The zero-order valence-corrected chi connectivity index (χ0v) is 12.2. The Labute approximate surface area is 127 Å². The van der Waals surface area contributed by atoms with E-state index in [1.807, 2.05) is 25.1 Å². The van der Waals surface area contributed by atoms with Crippen LogP contribution in [-0.2, 0) is 6.54 Å². The van der Waals surface area contributed by atoms with Gasteiger partial charge in [0.2, 0.25) is 0 Å². The number of carboxylic acids is 1. The molecule has 3 nitrogen and oxygen atoms in total. The van der Waals surface area contributed by atoms with Gasteiger partial charge in [-0.3, -0.25) is 0 Å². The van der Waals surface area contributed by atoms with Crippen molar-refractivity contribution in [1.82, 2.24) is 5.32 Å². The third-order valence-electron chi connectivity index (χ3n) is 3.22. The lowest BCUT2D eigenvalue weighted by molar-refractivity contribution is 0.0692. The number of hydrogen-bond donors (Lipinski definition) is 2. The molecule has 110 valence electrons. The fourth-order valence-electron chi connectivity index (χ4n) is 2.01. The van der Waals surface area contributed by atoms with Gasteiger partial charge in [0.1, 0.15) is 5.82 Å². The third kappa shape index (κ3) is 4.03. The van der Waals surface area contributed by atoms with Crippen LogP contribution in [0.1, 0.15) is 34.5 Å². The second-order valence-electron chi connectivity index (χ2n) is 4.78. The summed E-state index contributed by atoms with van der Waals surface area (Å²) in [5, 5.41) is 12.7. The van der Waals surface area contributed by atoms with E-state index in [4.69, 9.17) is 16.7 Å². The van der Waals surface area contributed by atoms with Crippen LogP contribution in [0.4, 0.5) is 4.39 Å². The van der Waals surface area contributed by atoms with Crippen molar-refractivity contribution in [1.29, 1.82) is 0 Å². The predicted molar refractivity (Wildman–Crippen MR) is 80.1 cm³/mol. The molecule has 0 aliphatic rings. The van der Waals surface area contributed by atoms with E-state index in [-0.39, 0.29) is 11.6 Å². The largest absolute Gasteiger partial charge is 0.478 e. The van der Waals surface area contributed by atoms with Crippen molar-refractivity contribution in [3.8, 4) is 0 Å². The van der Waals surface area contributed by atoms with Gasteiger partial charge in [-0.25, -0.2) is 9.18 Å². The molecule has 2 aromatic carbocycles. The highest BCUT2D eigenvalue weighted by Crippen LogP contribution is 2.18. The Balaban J connectivity index is 2.03. The van der Waals surface area contributed by atoms with Gasteiger partial charge in [0, 0.05) is 17.6 Å². The molecule has 0 aromatic heterocycles. The van der Waals surface area contributed by atoms with Crippen molar-refractivity contribution >= 4 is 17.6 Å². The van der Waals surface area contributed by atoms with Gasteiger partial charge in [0.05, 0.1) is 5.56 Å². The molecule has 0 unspecified atom stereocenters. The minimum Gasteiger partial charge on any atom is -0.478 e. The van der Waals surface area contributed by atoms with E-state index in [9.17, 15) is 9.18 Å². The van der Waals surface area contributed by atoms with Crippen LogP contribution in [0.5, 0.6) is 0 Å². The molecule has 1 atom stereocenters. The zero-order chi connectivity index (χ0) is 15.4. The molecule has 0 aliphatic heterocycles. The number of carbonyl (C=O) groups is 1. The topological polar surface area (TPSA) is 49.3 Å². The molecule has 2 N–H and O–H groups in total. The third-order valence-corrected chi connectivity index (χ3v) is 3.46. The van der Waals surface area contributed by atoms with Gasteiger partial charge in [-0.1, -0.05) is 29.8 Å². The lowest BCUT2D eigenvalue weighted by Gasteiger charge is -2.15. The maximum Gasteiger partial charge on any atom is 0.338 e. The standard InChI is InChI=1S/C16H15ClFNO2/c1-10(12-3-2-4-13(17)8-12)19-9-11-5-6-14(16(20)21)15(18)7-11/h2-8,10,19H,9H2,1H3,(H,20,21)/t10-/m0/s1. The van der Waals surface area contributed by atoms with Crippen LogP contribution in [0.3, 0.4) is 0 Å². The van der Waals surface area contributed by atoms with Crippen molar-refractivity contribution in [2.75, 3.05) is 0 Å². The molecule has 0 fully saturated rings. The molecule has 2 aromatic rings. The molecule has 0 spiro atoms. The molecule has 0 saturated heterocycles. The number of rotatable bonds is 5. The van der Waals surface area contributed by atoms with Crippen LogP contribution in [-0.4, -0.2) is 11.1 Å². The lowest BCUT2D eigenvalue weighted by atomic mass is 10.1. The summed E-state index contributed by atoms with van der Waals surface area (Å²) in [6.07, 6.45) is 0. The molecular formula is C16H15ClFNO2. The van der Waals surface area contributed by atoms with Crippen molar-refractivity contribution in [2.24, 2.45) is 0 Å². The Morgan fingerprint density at radius 1 is 1.33 bits per heavy atom. The average molecular weight is 308 g/mol. The monoisotopic (exact) mass is 307 g/mol. The maximum atomic E-state index is 13.6. The van der Waals surface area contributed by atoms with Crippen LogP contribution in [0.2, 0.25) is 5.02 Å². The van der Waals surface area contributed by atoms with Crippen LogP contribution in [0.15, 0.2) is 42.5 Å². The smallest absolute Gasteiger partial charge is 0.338 e. The Morgan fingerprint density at radius 2 is 2.10 bits per heavy atom. The van der Waals surface area contributed by atoms with Crippen LogP contribution in [0, 0.1) is 5.82 Å². The number of halogens is 2. The van der Waals surface area contributed by atoms with Gasteiger partial charge in [-0.05, 0) is 42.3 Å². The first kappa shape index (κ1) is 15.5. The first-order chi connectivity index (χ1) is 9.97. The van der Waals surface area contributed by atoms with E-state index in [0.717, 1.165) is 5.56 Å². The molecule has 0 amide bonds. The summed E-state index contributed by atoms with van der Waals surface area (Å²) in [4.78, 5) is 10.7. The summed E-state index contributed by atoms with van der Waals surface area (Å²) in [6.45, 7) is 2.41. The molecule has 2 rings (SSSR count). The van der Waals surface area contributed by atoms with E-state index in [1.165, 1.54) is 12.1 Å². The normalized spacial score (nSPS) is 12.1. The van der Waals surface area contributed by atoms with Gasteiger partial charge < -0.3 is 10.4 Å². The molecular weight excluding hydrogens is 293 g/mol. The lowest BCUT2D eigenvalue weighted by Crippen LogP contribution is -2.18. The summed E-state index contributed by atoms with van der Waals surface area (Å²) in [5.41, 5.74) is 1.40. The van der Waals surface area contributed by atoms with E-state index >= 15 is 0 Å². The molecule has 5 heteroatoms. The number of nitrogens with one attached hydrogen (secondary N) is 1. The molecule has 0 radical (unpaired) electrons. The number of hydrogen-bond acceptors (Lipinski definition) is 2. The minimum atomic E-state index is -1.26. The van der Waals surface area contributed by atoms with Crippen LogP contribution >= 0.6 is 11.6 Å². The molecule has 0 heterocycles. The highest BCUT2D eigenvalue weighted by molar-refractivity contribution is 6.30. The Kier molecular flexibility index (Phi) is 4.94. The van der Waals surface area contributed by atoms with Gasteiger partial charge >= 0.3 is 5.97 Å². The second-order valence-corrected chi connectivity index (χ2v) is 5.21. The summed E-state index contributed by atoms with van der Waals surface area (Å²) in [6, 6.07) is 11.7. The molecule has 0 saturated carbocycles. The predicted octanol–water partition coefficient (Wildman–Crippen LogP) is 4.03. The Bertz CT molecular complexity index is 660. The first-order valence-electron chi connectivity index (χ1n) is 6.48. The van der Waals surface area contributed by atoms with Gasteiger partial charge in [0.25, 0.3) is 0 Å². The SMILES string of the molecule is C[C@H](NCc1ccc(C(=O)O)c(F)c1)c1cccc(Cl)c1. The van der Waals surface area contributed by atoms with Crippen LogP contribution in [0.25, 0.3) is 0 Å². The van der Waals surface area contributed by atoms with Crippen LogP contribution < -0.4 is 5.32 Å². The van der Waals surface area contributed by atoms with E-state index in [2.05, 4.69) is 5.32 Å². The zero-order valence-electron chi connectivity index (χ0n) is 11.4. The fraction of sp³-hybridized carbons (Fsp3) is 0.188. The summed E-state index contributed by atoms with van der Waals surface area (Å²) in [7, 11) is 0. The highest BCUT2D eigenvalue weighted by atomic mass is 35.5. The molecule has 0 aliphatic carbocycles. The van der Waals surface area contributed by atoms with Crippen molar-refractivity contribution in [2.45, 2.75) is 19.5 Å². The number of carboxylic acid groups (broad SMARTS) is 1. The van der Waals surface area contributed by atoms with Gasteiger partial charge in [-0.2, -0.15) is 0 Å². The average Bonchev–Trinajstić information content (AvgIpc) is 2.44. The van der Waals surface area contributed by atoms with Crippen molar-refractivity contribution in [3.63, 3.8) is 0 Å². The van der Waals surface area contributed by atoms with Gasteiger partial charge in [-0.15, -0.1) is 0 Å². The summed E-state index contributed by atoms with van der Waals surface area (Å²) >= 11 is 5.94. The number of benzene rings is 2. The molecule has 21 heavy (non-hydrogen) atoms. The number of aromatic carboxylic acids is 1. The van der Waals surface area contributed by atoms with Crippen molar-refractivity contribution < 1.29 is 14.3 Å². The molecule has 0 bridgehead atoms. The summed E-state index contributed by atoms with van der Waals surface area (Å²) in [5.74, 6) is -1.99. The highest BCUT2D eigenvalue weighted by Gasteiger charge is 2.11. The van der Waals surface area contributed by atoms with E-state index in [1.54, 1.807) is 12.1 Å². The van der Waals surface area contributed by atoms with E-state index in [0.29, 0.717) is 17.1 Å². The van der Waals surface area contributed by atoms with E-state index < -0.39 is 11.8 Å². The first-order valence-corrected chi connectivity index (χ1v) is 6.85. The Morgan fingerprint density at radius 3 is 2.71 bits per heavy atom. The maximum absolute atomic E-state index is 13.6. The Hall–Kier alpha value is -1.91.